The summed E-state index contributed by atoms with van der Waals surface area (Å²) in [6.07, 6.45) is 13.5. The Labute approximate surface area is 640 Å². The molecule has 470 valence electrons. The van der Waals surface area contributed by atoms with Crippen molar-refractivity contribution in [3.63, 3.8) is 0 Å². The Bertz CT molecular complexity index is 3970. The zero-order chi connectivity index (χ0) is 65.5. The van der Waals surface area contributed by atoms with Gasteiger partial charge in [0, 0.05) is 30.0 Å². The zero-order valence-corrected chi connectivity index (χ0v) is 65.6. The summed E-state index contributed by atoms with van der Waals surface area (Å²) < 4.78 is 81.8. The van der Waals surface area contributed by atoms with E-state index in [2.05, 4.69) is 48.5 Å². The molecule has 0 heterocycles. The molecule has 0 saturated carbocycles. The van der Waals surface area contributed by atoms with Crippen LogP contribution in [-0.4, -0.2) is 33.3 Å². The molecule has 94 heavy (non-hydrogen) atoms. The van der Waals surface area contributed by atoms with Crippen molar-refractivity contribution in [3.8, 4) is 67.9 Å². The molecule has 0 aliphatic rings. The Balaban J connectivity index is 0.000000503. The monoisotopic (exact) mass is 1380 g/mol. The van der Waals surface area contributed by atoms with Crippen molar-refractivity contribution in [2.45, 2.75) is 51.7 Å². The van der Waals surface area contributed by atoms with Gasteiger partial charge in [0.25, 0.3) is 0 Å². The largest absolute Gasteiger partial charge is 1.00 e. The molecule has 16 nitrogen and oxygen atoms in total. The SMILES string of the molecule is C=CCc1ccc(O)c(-c2ccc(O)c(CC=C)c2)c1.C=CCc1ccc(OP(=O)(OCc2ccccc2)OCc2ccccc2)c(-c2ccc(OP(C)(C)=O)c(CC=C)c2)c1.C=CCc1ccc(OP(=O)([O-])[O-])c(-c2ccc(OP(=O)(O)O)c(CC=C)c2)c1.[Na+].[Na+].[Na+].[Na+]. The van der Waals surface area contributed by atoms with Crippen LogP contribution >= 0.6 is 30.8 Å². The normalized spacial score (nSPS) is 10.8. The van der Waals surface area contributed by atoms with E-state index in [1.54, 1.807) is 80.1 Å². The van der Waals surface area contributed by atoms with Crippen LogP contribution in [0.1, 0.15) is 44.5 Å². The topological polar surface area (TPSA) is 251 Å². The fourth-order valence-corrected chi connectivity index (χ4v) is 11.7. The summed E-state index contributed by atoms with van der Waals surface area (Å²) in [5, 5.41) is 19.8. The molecule has 0 fully saturated rings. The first-order chi connectivity index (χ1) is 42.8. The predicted molar refractivity (Wildman–Crippen MR) is 354 cm³/mol. The van der Waals surface area contributed by atoms with E-state index in [4.69, 9.17) is 27.9 Å². The van der Waals surface area contributed by atoms with Crippen LogP contribution in [0.25, 0.3) is 33.4 Å². The molecule has 8 aromatic carbocycles. The summed E-state index contributed by atoms with van der Waals surface area (Å²) >= 11 is 0. The molecule has 0 aliphatic carbocycles. The number of allylic oxidation sites excluding steroid dienone is 6. The number of hydrogen-bond acceptors (Lipinski definition) is 14. The Kier molecular flexibility index (Phi) is 38.2. The molecule has 0 unspecified atom stereocenters. The number of phenols is 2. The first-order valence-electron chi connectivity index (χ1n) is 28.1. The molecular formula is C70H72Na4O16P4+2. The van der Waals surface area contributed by atoms with Gasteiger partial charge in [0.2, 0.25) is 7.37 Å². The molecule has 24 heteroatoms. The Morgan fingerprint density at radius 1 is 0.383 bits per heavy atom. The van der Waals surface area contributed by atoms with Gasteiger partial charge in [-0.3, -0.25) is 23.4 Å². The van der Waals surface area contributed by atoms with E-state index in [0.717, 1.165) is 62.1 Å². The van der Waals surface area contributed by atoms with Gasteiger partial charge in [-0.1, -0.05) is 134 Å². The molecule has 0 spiro atoms. The summed E-state index contributed by atoms with van der Waals surface area (Å²) in [6, 6.07) is 49.9. The minimum Gasteiger partial charge on any atom is -0.780 e. The number of aromatic hydroxyl groups is 2. The van der Waals surface area contributed by atoms with Crippen LogP contribution in [0.15, 0.2) is 246 Å². The van der Waals surface area contributed by atoms with E-state index < -0.39 is 30.8 Å². The predicted octanol–water partition coefficient (Wildman–Crippen LogP) is 4.37. The average molecular weight is 1390 g/mol. The molecule has 0 atom stereocenters. The number of hydrogen-bond donors (Lipinski definition) is 4. The minimum absolute atomic E-state index is 0. The summed E-state index contributed by atoms with van der Waals surface area (Å²) in [4.78, 5) is 40.3. The maximum absolute atomic E-state index is 14.2. The van der Waals surface area contributed by atoms with Gasteiger partial charge >= 0.3 is 134 Å². The van der Waals surface area contributed by atoms with Gasteiger partial charge < -0.3 is 42.7 Å². The summed E-state index contributed by atoms with van der Waals surface area (Å²) in [6.45, 7) is 25.6. The maximum Gasteiger partial charge on any atom is 1.00 e. The minimum atomic E-state index is -5.29. The first-order valence-corrected chi connectivity index (χ1v) is 35.0. The van der Waals surface area contributed by atoms with E-state index in [1.807, 2.05) is 115 Å². The summed E-state index contributed by atoms with van der Waals surface area (Å²) in [7, 11) is -17.0. The van der Waals surface area contributed by atoms with Crippen LogP contribution in [0.3, 0.4) is 0 Å². The van der Waals surface area contributed by atoms with Crippen molar-refractivity contribution >= 4 is 30.8 Å². The van der Waals surface area contributed by atoms with Crippen molar-refractivity contribution in [3.05, 3.63) is 290 Å². The second-order valence-electron chi connectivity index (χ2n) is 20.5. The van der Waals surface area contributed by atoms with Gasteiger partial charge in [0.05, 0.1) is 13.2 Å². The van der Waals surface area contributed by atoms with Gasteiger partial charge in [0.1, 0.15) is 42.3 Å². The van der Waals surface area contributed by atoms with Crippen LogP contribution < -0.4 is 146 Å². The third-order valence-corrected chi connectivity index (χ3v) is 15.7. The molecule has 0 saturated heterocycles. The molecule has 8 rings (SSSR count). The van der Waals surface area contributed by atoms with Gasteiger partial charge in [-0.25, -0.2) is 9.13 Å². The van der Waals surface area contributed by atoms with Crippen molar-refractivity contribution < 1.29 is 193 Å². The maximum atomic E-state index is 14.2. The fraction of sp³-hybridized carbons (Fsp3) is 0.143. The van der Waals surface area contributed by atoms with Crippen molar-refractivity contribution in [2.75, 3.05) is 13.3 Å². The smallest absolute Gasteiger partial charge is 0.780 e. The van der Waals surface area contributed by atoms with Crippen LogP contribution in [0.2, 0.25) is 0 Å². The second-order valence-corrected chi connectivity index (χ2v) is 27.0. The summed E-state index contributed by atoms with van der Waals surface area (Å²) in [5.74, 6) is 1.14. The van der Waals surface area contributed by atoms with Crippen molar-refractivity contribution in [1.82, 2.24) is 0 Å². The first kappa shape index (κ1) is 85.8. The van der Waals surface area contributed by atoms with Crippen molar-refractivity contribution in [1.29, 1.82) is 0 Å². The molecule has 0 bridgehead atoms. The second kappa shape index (κ2) is 41.8. The van der Waals surface area contributed by atoms with E-state index in [0.29, 0.717) is 59.4 Å². The molecule has 0 aromatic heterocycles. The van der Waals surface area contributed by atoms with Crippen molar-refractivity contribution in [2.24, 2.45) is 0 Å². The number of benzene rings is 8. The zero-order valence-electron chi connectivity index (χ0n) is 54.0. The number of phosphoric acid groups is 3. The molecule has 4 N–H and O–H groups in total. The van der Waals surface area contributed by atoms with E-state index >= 15 is 0 Å². The Morgan fingerprint density at radius 2 is 0.734 bits per heavy atom. The van der Waals surface area contributed by atoms with E-state index in [9.17, 15) is 38.3 Å². The van der Waals surface area contributed by atoms with Gasteiger partial charge in [-0.05, 0) is 173 Å². The van der Waals surface area contributed by atoms with Gasteiger partial charge in [-0.15, -0.1) is 39.5 Å². The van der Waals surface area contributed by atoms with Crippen LogP contribution in [0.4, 0.5) is 0 Å². The molecule has 0 aliphatic heterocycles. The average Bonchev–Trinajstić information content (AvgIpc) is 0.812. The van der Waals surface area contributed by atoms with E-state index in [-0.39, 0.29) is 161 Å². The summed E-state index contributed by atoms with van der Waals surface area (Å²) in [5.41, 5.74) is 10.5. The molecule has 0 amide bonds. The van der Waals surface area contributed by atoms with Crippen LogP contribution in [0, 0.1) is 0 Å². The van der Waals surface area contributed by atoms with Crippen LogP contribution in [0.5, 0.6) is 34.5 Å². The molecular weight excluding hydrogens is 1310 g/mol. The van der Waals surface area contributed by atoms with Gasteiger partial charge in [-0.2, -0.15) is 0 Å². The third kappa shape index (κ3) is 28.6. The third-order valence-electron chi connectivity index (χ3n) is 12.9. The van der Waals surface area contributed by atoms with E-state index in [1.165, 1.54) is 24.3 Å². The fourth-order valence-electron chi connectivity index (χ4n) is 8.99. The standard InChI is InChI=1S/C34H36O6P2.C18H20O8P2.C18H18O2.4Na/c1-5-13-27-19-21-34(32(23-27)30-20-22-33(39-41(3,4)35)31(24-30)14-6-2)40-42(36,37-25-28-15-9-7-10-16-28)38-26-29-17-11-8-12-18-29;1-3-5-13-7-9-18(26-28(22,23)24)16(11-13)14-8-10-17(25-27(19,20)21)15(12-14)6-4-2;1-3-5-13-7-9-18(20)16(11-13)14-8-10-17(19)15(12-14)6-4-2;;;;/h5-12,15-24H,1-2,13-14,25-26H2,3-4H3;3-4,7-12H,1-2,5-6H2,(H2,19,20,21)(H2,22,23,24);3-4,7-12,19-20H,1-2,5-6H2;;;;/q;;;4*+1/p-2. The number of phosphoric ester groups is 3. The molecule has 8 aromatic rings. The number of phenolic OH excluding ortho intramolecular Hbond substituents is 2. The Hall–Kier alpha value is -4.32. The Morgan fingerprint density at radius 3 is 1.15 bits per heavy atom. The quantitative estimate of drug-likeness (QED) is 0.0289. The van der Waals surface area contributed by atoms with Crippen LogP contribution in [-0.2, 0) is 79.0 Å². The number of rotatable bonds is 29. The van der Waals surface area contributed by atoms with Gasteiger partial charge in [0.15, 0.2) is 0 Å². The molecule has 0 radical (unpaired) electrons.